The van der Waals surface area contributed by atoms with Gasteiger partial charge < -0.3 is 20.1 Å². The summed E-state index contributed by atoms with van der Waals surface area (Å²) in [4.78, 5) is 28.4. The molecule has 0 aliphatic carbocycles. The Kier molecular flexibility index (Phi) is 6.39. The maximum atomic E-state index is 11.7. The van der Waals surface area contributed by atoms with Gasteiger partial charge in [-0.05, 0) is 30.9 Å². The fourth-order valence-electron chi connectivity index (χ4n) is 2.77. The molecule has 1 fully saturated rings. The van der Waals surface area contributed by atoms with Crippen LogP contribution in [-0.4, -0.2) is 53.9 Å². The van der Waals surface area contributed by atoms with Crippen molar-refractivity contribution in [2.75, 3.05) is 32.1 Å². The molecule has 9 heteroatoms. The largest absolute Gasteiger partial charge is 0.481 e. The number of methoxy groups -OCH3 is 1. The number of pyridine rings is 1. The van der Waals surface area contributed by atoms with Crippen molar-refractivity contribution in [1.82, 2.24) is 15.2 Å². The molecule has 2 heterocycles. The third-order valence-electron chi connectivity index (χ3n) is 4.05. The topological polar surface area (TPSA) is 128 Å². The molecule has 134 valence electrons. The van der Waals surface area contributed by atoms with Gasteiger partial charge in [-0.2, -0.15) is 10.2 Å². The van der Waals surface area contributed by atoms with Crippen LogP contribution in [-0.2, 0) is 0 Å². The van der Waals surface area contributed by atoms with Crippen LogP contribution in [0.4, 0.5) is 15.4 Å². The molecule has 1 aliphatic rings. The first-order valence-electron chi connectivity index (χ1n) is 7.99. The van der Waals surface area contributed by atoms with Crippen LogP contribution in [0.2, 0.25) is 0 Å². The molecule has 0 bridgehead atoms. The second-order valence-electron chi connectivity index (χ2n) is 5.63. The Morgan fingerprint density at radius 3 is 2.76 bits per heavy atom. The minimum absolute atomic E-state index is 0.163. The number of anilines is 1. The van der Waals surface area contributed by atoms with Crippen molar-refractivity contribution in [3.05, 3.63) is 17.7 Å². The summed E-state index contributed by atoms with van der Waals surface area (Å²) in [6.07, 6.45) is 0.737. The van der Waals surface area contributed by atoms with Crippen molar-refractivity contribution in [2.45, 2.75) is 25.2 Å². The molecule has 3 N–H and O–H groups in total. The van der Waals surface area contributed by atoms with Crippen LogP contribution in [0.15, 0.2) is 12.1 Å². The number of amides is 3. The monoisotopic (exact) mass is 347 g/mol. The van der Waals surface area contributed by atoms with Gasteiger partial charge in [0.2, 0.25) is 5.88 Å². The maximum Gasteiger partial charge on any atom is 0.407 e. The Morgan fingerprint density at radius 2 is 2.16 bits per heavy atom. The number of carbonyl (C=O) groups excluding carboxylic acids is 1. The lowest BCUT2D eigenvalue weighted by atomic mass is 9.90. The zero-order chi connectivity index (χ0) is 18.2. The molecule has 0 spiro atoms. The third-order valence-corrected chi connectivity index (χ3v) is 4.05. The van der Waals surface area contributed by atoms with Gasteiger partial charge in [0.05, 0.1) is 19.6 Å². The van der Waals surface area contributed by atoms with E-state index in [0.717, 1.165) is 5.56 Å². The summed E-state index contributed by atoms with van der Waals surface area (Å²) in [6.45, 7) is 1.22. The highest BCUT2D eigenvalue weighted by molar-refractivity contribution is 5.88. The highest BCUT2D eigenvalue weighted by atomic mass is 16.5. The quantitative estimate of drug-likeness (QED) is 0.699. The molecular formula is C16H21N5O4. The van der Waals surface area contributed by atoms with Crippen LogP contribution in [0.1, 0.15) is 30.7 Å². The Balaban J connectivity index is 2.01. The first kappa shape index (κ1) is 18.3. The first-order valence-corrected chi connectivity index (χ1v) is 7.99. The summed E-state index contributed by atoms with van der Waals surface area (Å²) in [7, 11) is 1.51. The van der Waals surface area contributed by atoms with Crippen molar-refractivity contribution < 1.29 is 19.4 Å². The van der Waals surface area contributed by atoms with E-state index < -0.39 is 12.1 Å². The minimum atomic E-state index is -0.898. The molecule has 9 nitrogen and oxygen atoms in total. The Morgan fingerprint density at radius 1 is 1.44 bits per heavy atom. The summed E-state index contributed by atoms with van der Waals surface area (Å²) in [6, 6.07) is 5.03. The van der Waals surface area contributed by atoms with Crippen LogP contribution in [0.5, 0.6) is 5.88 Å². The molecule has 25 heavy (non-hydrogen) atoms. The first-order chi connectivity index (χ1) is 12.0. The lowest BCUT2D eigenvalue weighted by Crippen LogP contribution is -2.36. The summed E-state index contributed by atoms with van der Waals surface area (Å²) in [5, 5.41) is 22.6. The standard InChI is InChI=1S/C16H21N5O4/c1-25-14-12(11-5-9-21(10-6-11)16(23)24)3-4-13(19-14)20-15(22)18-8-2-7-17/h3-4,11H,2,5-6,8-10H2,1H3,(H,23,24)(H2,18,19,20,22). The third kappa shape index (κ3) is 4.97. The molecule has 1 saturated heterocycles. The van der Waals surface area contributed by atoms with Gasteiger partial charge in [-0.1, -0.05) is 0 Å². The smallest absolute Gasteiger partial charge is 0.407 e. The zero-order valence-electron chi connectivity index (χ0n) is 14.0. The molecule has 0 unspecified atom stereocenters. The number of carboxylic acid groups (broad SMARTS) is 1. The molecule has 0 saturated carbocycles. The number of nitrogens with one attached hydrogen (secondary N) is 2. The van der Waals surface area contributed by atoms with E-state index in [-0.39, 0.29) is 18.9 Å². The number of carbonyl (C=O) groups is 2. The van der Waals surface area contributed by atoms with Crippen molar-refractivity contribution >= 4 is 17.9 Å². The highest BCUT2D eigenvalue weighted by Crippen LogP contribution is 2.34. The number of hydrogen-bond donors (Lipinski definition) is 3. The van der Waals surface area contributed by atoms with Crippen molar-refractivity contribution in [1.29, 1.82) is 5.26 Å². The second-order valence-corrected chi connectivity index (χ2v) is 5.63. The lowest BCUT2D eigenvalue weighted by molar-refractivity contribution is 0.132. The summed E-state index contributed by atoms with van der Waals surface area (Å²) in [5.74, 6) is 0.929. The number of aromatic nitrogens is 1. The van der Waals surface area contributed by atoms with Crippen LogP contribution in [0, 0.1) is 11.3 Å². The zero-order valence-corrected chi connectivity index (χ0v) is 14.0. The van der Waals surface area contributed by atoms with E-state index in [1.807, 2.05) is 12.1 Å². The molecule has 0 aromatic carbocycles. The SMILES string of the molecule is COc1nc(NC(=O)NCCC#N)ccc1C1CCN(C(=O)O)CC1. The molecule has 1 aliphatic heterocycles. The summed E-state index contributed by atoms with van der Waals surface area (Å²) in [5.41, 5.74) is 0.906. The molecule has 0 atom stereocenters. The Labute approximate surface area is 145 Å². The van der Waals surface area contributed by atoms with Crippen LogP contribution >= 0.6 is 0 Å². The average molecular weight is 347 g/mol. The lowest BCUT2D eigenvalue weighted by Gasteiger charge is -2.30. The van der Waals surface area contributed by atoms with Crippen LogP contribution in [0.25, 0.3) is 0 Å². The van der Waals surface area contributed by atoms with Crippen LogP contribution in [0.3, 0.4) is 0 Å². The van der Waals surface area contributed by atoms with E-state index in [1.54, 1.807) is 6.07 Å². The van der Waals surface area contributed by atoms with Gasteiger partial charge in [0.15, 0.2) is 0 Å². The van der Waals surface area contributed by atoms with E-state index in [0.29, 0.717) is 37.6 Å². The number of hydrogen-bond acceptors (Lipinski definition) is 5. The molecule has 0 radical (unpaired) electrons. The van der Waals surface area contributed by atoms with Gasteiger partial charge in [-0.3, -0.25) is 5.32 Å². The number of urea groups is 1. The predicted molar refractivity (Wildman–Crippen MR) is 89.6 cm³/mol. The minimum Gasteiger partial charge on any atom is -0.481 e. The fourth-order valence-corrected chi connectivity index (χ4v) is 2.77. The Bertz CT molecular complexity index is 665. The predicted octanol–water partition coefficient (Wildman–Crippen LogP) is 1.98. The summed E-state index contributed by atoms with van der Waals surface area (Å²) >= 11 is 0. The molecule has 2 rings (SSSR count). The van der Waals surface area contributed by atoms with Gasteiger partial charge in [0.25, 0.3) is 0 Å². The van der Waals surface area contributed by atoms with E-state index in [1.165, 1.54) is 12.0 Å². The van der Waals surface area contributed by atoms with Gasteiger partial charge in [-0.15, -0.1) is 0 Å². The van der Waals surface area contributed by atoms with Crippen LogP contribution < -0.4 is 15.4 Å². The number of nitriles is 1. The Hall–Kier alpha value is -3.02. The van der Waals surface area contributed by atoms with Crippen molar-refractivity contribution in [3.8, 4) is 11.9 Å². The van der Waals surface area contributed by atoms with E-state index in [4.69, 9.17) is 15.1 Å². The number of piperidine rings is 1. The van der Waals surface area contributed by atoms with Gasteiger partial charge in [-0.25, -0.2) is 9.59 Å². The number of rotatable bonds is 5. The van der Waals surface area contributed by atoms with Gasteiger partial charge in [0, 0.05) is 25.2 Å². The molecule has 3 amide bonds. The number of ether oxygens (including phenoxy) is 1. The van der Waals surface area contributed by atoms with E-state index in [2.05, 4.69) is 15.6 Å². The number of likely N-dealkylation sites (tertiary alicyclic amines) is 1. The van der Waals surface area contributed by atoms with Gasteiger partial charge >= 0.3 is 12.1 Å². The second kappa shape index (κ2) is 8.73. The van der Waals surface area contributed by atoms with E-state index in [9.17, 15) is 9.59 Å². The molecule has 1 aromatic rings. The fraction of sp³-hybridized carbons (Fsp3) is 0.500. The number of nitrogens with zero attached hydrogens (tertiary/aromatic N) is 3. The van der Waals surface area contributed by atoms with Crippen molar-refractivity contribution in [3.63, 3.8) is 0 Å². The highest BCUT2D eigenvalue weighted by Gasteiger charge is 2.26. The maximum absolute atomic E-state index is 11.7. The van der Waals surface area contributed by atoms with E-state index >= 15 is 0 Å². The van der Waals surface area contributed by atoms with Crippen molar-refractivity contribution in [2.24, 2.45) is 0 Å². The summed E-state index contributed by atoms with van der Waals surface area (Å²) < 4.78 is 5.34. The average Bonchev–Trinajstić information content (AvgIpc) is 2.62. The molecule has 1 aromatic heterocycles. The van der Waals surface area contributed by atoms with Gasteiger partial charge in [0.1, 0.15) is 5.82 Å². The normalized spacial score (nSPS) is 14.5. The molecular weight excluding hydrogens is 326 g/mol.